The van der Waals surface area contributed by atoms with Crippen molar-refractivity contribution in [2.75, 3.05) is 19.8 Å². The summed E-state index contributed by atoms with van der Waals surface area (Å²) >= 11 is 0. The van der Waals surface area contributed by atoms with Crippen molar-refractivity contribution in [2.45, 2.75) is 43.9 Å². The molecule has 0 saturated carbocycles. The van der Waals surface area contributed by atoms with E-state index in [1.54, 1.807) is 0 Å². The van der Waals surface area contributed by atoms with Crippen LogP contribution in [0.5, 0.6) is 0 Å². The maximum absolute atomic E-state index is 9.86. The fourth-order valence-electron chi connectivity index (χ4n) is 1.48. The van der Waals surface area contributed by atoms with Crippen molar-refractivity contribution < 1.29 is 29.9 Å². The summed E-state index contributed by atoms with van der Waals surface area (Å²) in [5, 5.41) is 38.0. The first-order chi connectivity index (χ1) is 7.51. The van der Waals surface area contributed by atoms with Crippen molar-refractivity contribution in [1.29, 1.82) is 0 Å². The predicted molar refractivity (Wildman–Crippen MR) is 54.6 cm³/mol. The fraction of sp³-hybridized carbons (Fsp3) is 1.00. The highest BCUT2D eigenvalue weighted by Crippen LogP contribution is 2.24. The van der Waals surface area contributed by atoms with Crippen molar-refractivity contribution >= 4 is 0 Å². The number of unbranched alkanes of at least 4 members (excludes halogenated alkanes) is 1. The third kappa shape index (κ3) is 3.13. The lowest BCUT2D eigenvalue weighted by atomic mass is 9.97. The van der Waals surface area contributed by atoms with Gasteiger partial charge in [-0.25, -0.2) is 0 Å². The topological polar surface area (TPSA) is 99.4 Å². The highest BCUT2D eigenvalue weighted by Gasteiger charge is 2.48. The lowest BCUT2D eigenvalue weighted by Gasteiger charge is -2.41. The minimum atomic E-state index is -1.94. The Balaban J connectivity index is 2.43. The second kappa shape index (κ2) is 5.90. The number of hydrogen-bond donors (Lipinski definition) is 4. The van der Waals surface area contributed by atoms with E-state index in [0.717, 1.165) is 12.8 Å². The average molecular weight is 236 g/mol. The first-order valence-corrected chi connectivity index (χ1v) is 5.49. The summed E-state index contributed by atoms with van der Waals surface area (Å²) < 4.78 is 10.1. The smallest absolute Gasteiger partial charge is 0.219 e. The van der Waals surface area contributed by atoms with Crippen LogP contribution in [-0.4, -0.2) is 64.3 Å². The van der Waals surface area contributed by atoms with Crippen LogP contribution in [0.2, 0.25) is 0 Å². The van der Waals surface area contributed by atoms with Gasteiger partial charge in [0.25, 0.3) is 0 Å². The van der Waals surface area contributed by atoms with Crippen molar-refractivity contribution in [3.8, 4) is 0 Å². The minimum absolute atomic E-state index is 0.224. The summed E-state index contributed by atoms with van der Waals surface area (Å²) in [4.78, 5) is 0. The van der Waals surface area contributed by atoms with E-state index in [0.29, 0.717) is 6.61 Å². The first-order valence-electron chi connectivity index (χ1n) is 5.49. The Morgan fingerprint density at radius 3 is 2.69 bits per heavy atom. The van der Waals surface area contributed by atoms with Crippen molar-refractivity contribution in [1.82, 2.24) is 0 Å². The van der Waals surface area contributed by atoms with E-state index in [1.165, 1.54) is 0 Å². The zero-order valence-electron chi connectivity index (χ0n) is 9.37. The van der Waals surface area contributed by atoms with Gasteiger partial charge in [0.1, 0.15) is 24.9 Å². The van der Waals surface area contributed by atoms with Crippen molar-refractivity contribution in [2.24, 2.45) is 0 Å². The summed E-state index contributed by atoms with van der Waals surface area (Å²) in [6.07, 6.45) is -2.38. The van der Waals surface area contributed by atoms with E-state index >= 15 is 0 Å². The third-order valence-electron chi connectivity index (χ3n) is 2.64. The van der Waals surface area contributed by atoms with Gasteiger partial charge in [-0.2, -0.15) is 0 Å². The van der Waals surface area contributed by atoms with Gasteiger partial charge >= 0.3 is 0 Å². The molecule has 0 aromatic rings. The molecule has 96 valence electrons. The maximum atomic E-state index is 9.86. The Hall–Kier alpha value is -0.240. The maximum Gasteiger partial charge on any atom is 0.219 e. The van der Waals surface area contributed by atoms with Gasteiger partial charge in [-0.3, -0.25) is 0 Å². The van der Waals surface area contributed by atoms with Gasteiger partial charge in [-0.15, -0.1) is 0 Å². The van der Waals surface area contributed by atoms with E-state index in [9.17, 15) is 20.4 Å². The molecule has 6 heteroatoms. The van der Waals surface area contributed by atoms with Crippen LogP contribution in [0.25, 0.3) is 0 Å². The zero-order valence-corrected chi connectivity index (χ0v) is 9.37. The van der Waals surface area contributed by atoms with Crippen LogP contribution < -0.4 is 0 Å². The van der Waals surface area contributed by atoms with Crippen LogP contribution in [0.1, 0.15) is 19.8 Å². The molecule has 0 bridgehead atoms. The molecule has 0 aromatic carbocycles. The number of hydrogen-bond acceptors (Lipinski definition) is 6. The number of aliphatic hydroxyl groups is 4. The van der Waals surface area contributed by atoms with Crippen LogP contribution >= 0.6 is 0 Å². The molecule has 16 heavy (non-hydrogen) atoms. The lowest BCUT2D eigenvalue weighted by Crippen LogP contribution is -2.62. The highest BCUT2D eigenvalue weighted by atomic mass is 16.7. The third-order valence-corrected chi connectivity index (χ3v) is 2.64. The Morgan fingerprint density at radius 2 is 2.06 bits per heavy atom. The monoisotopic (exact) mass is 236 g/mol. The molecular weight excluding hydrogens is 216 g/mol. The normalized spacial score (nSPS) is 39.9. The zero-order chi connectivity index (χ0) is 12.2. The van der Waals surface area contributed by atoms with Gasteiger partial charge in [0, 0.05) is 6.61 Å². The molecule has 1 fully saturated rings. The van der Waals surface area contributed by atoms with E-state index in [4.69, 9.17) is 9.47 Å². The van der Waals surface area contributed by atoms with Gasteiger partial charge in [-0.05, 0) is 6.42 Å². The molecule has 1 unspecified atom stereocenters. The molecular formula is C10H20O6. The molecule has 1 aliphatic rings. The van der Waals surface area contributed by atoms with E-state index < -0.39 is 24.1 Å². The Kier molecular flexibility index (Phi) is 5.10. The second-order valence-electron chi connectivity index (χ2n) is 4.06. The van der Waals surface area contributed by atoms with Crippen molar-refractivity contribution in [3.63, 3.8) is 0 Å². The summed E-state index contributed by atoms with van der Waals surface area (Å²) in [5.41, 5.74) is 0. The van der Waals surface area contributed by atoms with Crippen LogP contribution in [0.3, 0.4) is 0 Å². The summed E-state index contributed by atoms with van der Waals surface area (Å²) in [7, 11) is 0. The molecule has 6 nitrogen and oxygen atoms in total. The first kappa shape index (κ1) is 13.8. The molecule has 0 aromatic heterocycles. The SMILES string of the molecule is CCCCOCC1(O)OC[C@@H](O)[C@@H](O)[C@@H]1O. The molecule has 0 amide bonds. The van der Waals surface area contributed by atoms with Gasteiger partial charge in [0.05, 0.1) is 6.61 Å². The Morgan fingerprint density at radius 1 is 1.38 bits per heavy atom. The van der Waals surface area contributed by atoms with Crippen LogP contribution in [0.15, 0.2) is 0 Å². The number of aliphatic hydroxyl groups excluding tert-OH is 3. The Labute approximate surface area is 94.4 Å². The molecule has 4 atom stereocenters. The fourth-order valence-corrected chi connectivity index (χ4v) is 1.48. The molecule has 0 radical (unpaired) electrons. The lowest BCUT2D eigenvalue weighted by molar-refractivity contribution is -0.335. The largest absolute Gasteiger partial charge is 0.388 e. The molecule has 1 rings (SSSR count). The van der Waals surface area contributed by atoms with Gasteiger partial charge in [0.15, 0.2) is 0 Å². The van der Waals surface area contributed by atoms with Crippen LogP contribution in [-0.2, 0) is 9.47 Å². The highest BCUT2D eigenvalue weighted by molar-refractivity contribution is 4.91. The summed E-state index contributed by atoms with van der Waals surface area (Å²) in [5.74, 6) is -1.94. The van der Waals surface area contributed by atoms with E-state index in [1.807, 2.05) is 6.92 Å². The minimum Gasteiger partial charge on any atom is -0.388 e. The molecule has 1 heterocycles. The van der Waals surface area contributed by atoms with E-state index in [-0.39, 0.29) is 13.2 Å². The molecule has 1 saturated heterocycles. The summed E-state index contributed by atoms with van der Waals surface area (Å²) in [6.45, 7) is 2.00. The quantitative estimate of drug-likeness (QED) is 0.438. The average Bonchev–Trinajstić information content (AvgIpc) is 2.28. The van der Waals surface area contributed by atoms with Crippen LogP contribution in [0, 0.1) is 0 Å². The van der Waals surface area contributed by atoms with Crippen molar-refractivity contribution in [3.05, 3.63) is 0 Å². The molecule has 0 aliphatic carbocycles. The Bertz CT molecular complexity index is 211. The molecule has 0 spiro atoms. The molecule has 4 N–H and O–H groups in total. The van der Waals surface area contributed by atoms with Gasteiger partial charge in [-0.1, -0.05) is 13.3 Å². The standard InChI is InChI=1S/C10H20O6/c1-2-3-4-15-6-10(14)9(13)8(12)7(11)5-16-10/h7-9,11-14H,2-6H2,1H3/t7-,8-,9+,10?/m1/s1. The summed E-state index contributed by atoms with van der Waals surface area (Å²) in [6, 6.07) is 0. The number of ether oxygens (including phenoxy) is 2. The van der Waals surface area contributed by atoms with Gasteiger partial charge < -0.3 is 29.9 Å². The van der Waals surface area contributed by atoms with Crippen LogP contribution in [0.4, 0.5) is 0 Å². The number of rotatable bonds is 5. The second-order valence-corrected chi connectivity index (χ2v) is 4.06. The van der Waals surface area contributed by atoms with Gasteiger partial charge in [0.2, 0.25) is 5.79 Å². The predicted octanol–water partition coefficient (Wildman–Crippen LogP) is -1.40. The molecule has 1 aliphatic heterocycles. The van der Waals surface area contributed by atoms with E-state index in [2.05, 4.69) is 0 Å².